The van der Waals surface area contributed by atoms with Crippen molar-refractivity contribution >= 4 is 6.72 Å². The maximum Gasteiger partial charge on any atom is 0.119 e. The number of aromatic hydroxyl groups is 1. The molecule has 0 amide bonds. The van der Waals surface area contributed by atoms with Crippen LogP contribution >= 0.6 is 0 Å². The van der Waals surface area contributed by atoms with Gasteiger partial charge >= 0.3 is 0 Å². The molecule has 0 saturated heterocycles. The molecule has 2 rings (SSSR count). The fourth-order valence-corrected chi connectivity index (χ4v) is 4.51. The summed E-state index contributed by atoms with van der Waals surface area (Å²) in [6.07, 6.45) is 6.48. The molecule has 0 spiro atoms. The van der Waals surface area contributed by atoms with Gasteiger partial charge in [0.05, 0.1) is 6.07 Å². The highest BCUT2D eigenvalue weighted by atomic mass is 16.5. The van der Waals surface area contributed by atoms with Crippen LogP contribution in [0.2, 0.25) is 0 Å². The lowest BCUT2D eigenvalue weighted by atomic mass is 9.86. The topological polar surface area (TPSA) is 89.1 Å². The van der Waals surface area contributed by atoms with E-state index in [4.69, 9.17) is 10.00 Å². The Kier molecular flexibility index (Phi) is 13.8. The highest BCUT2D eigenvalue weighted by Gasteiger charge is 2.23. The second kappa shape index (κ2) is 16.9. The number of aryl methyl sites for hydroxylation is 1. The molecule has 0 aliphatic rings. The SMILES string of the molecule is C=NC(C)N(CC[C@H](c1ccccc1)c1cc(CCCCOCCCCCC#N)ccc1O)C(C)O. The molecule has 2 N–H and O–H groups in total. The van der Waals surface area contributed by atoms with Gasteiger partial charge in [-0.2, -0.15) is 5.26 Å². The predicted octanol–water partition coefficient (Wildman–Crippen LogP) is 6.02. The number of ether oxygens (including phenoxy) is 1. The lowest BCUT2D eigenvalue weighted by molar-refractivity contribution is -0.00585. The van der Waals surface area contributed by atoms with Crippen LogP contribution < -0.4 is 0 Å². The fraction of sp³-hybridized carbons (Fsp3) is 0.533. The minimum absolute atomic E-state index is 0.00576. The molecule has 36 heavy (non-hydrogen) atoms. The van der Waals surface area contributed by atoms with Gasteiger partial charge in [0.15, 0.2) is 0 Å². The van der Waals surface area contributed by atoms with Gasteiger partial charge in [-0.25, -0.2) is 0 Å². The largest absolute Gasteiger partial charge is 0.508 e. The Morgan fingerprint density at radius 2 is 1.75 bits per heavy atom. The van der Waals surface area contributed by atoms with Crippen LogP contribution in [0.25, 0.3) is 0 Å². The van der Waals surface area contributed by atoms with Gasteiger partial charge in [0, 0.05) is 37.7 Å². The van der Waals surface area contributed by atoms with E-state index in [1.807, 2.05) is 36.1 Å². The Labute approximate surface area is 217 Å². The van der Waals surface area contributed by atoms with Gasteiger partial charge < -0.3 is 14.9 Å². The zero-order valence-electron chi connectivity index (χ0n) is 22.0. The summed E-state index contributed by atoms with van der Waals surface area (Å²) in [7, 11) is 0. The standard InChI is InChI=1S/C30H43N3O3/c1-24(32-3)33(25(2)34)20-18-28(27-14-7-6-8-15-27)29-23-26(16-17-30(29)35)13-9-12-22-36-21-11-5-4-10-19-31/h6-8,14-17,23-25,28,34-35H,3-5,9-13,18,20-22H2,1-2H3/t24?,25?,28-/m1/s1. The first kappa shape index (κ1) is 29.5. The minimum atomic E-state index is -0.637. The van der Waals surface area contributed by atoms with E-state index in [1.165, 1.54) is 5.56 Å². The van der Waals surface area contributed by atoms with Gasteiger partial charge in [-0.05, 0) is 76.3 Å². The number of rotatable bonds is 18. The number of unbranched alkanes of at least 4 members (excludes halogenated alkanes) is 4. The highest BCUT2D eigenvalue weighted by Crippen LogP contribution is 2.35. The first-order valence-electron chi connectivity index (χ1n) is 13.2. The molecular formula is C30H43N3O3. The number of aliphatic hydroxyl groups excluding tert-OH is 1. The first-order valence-corrected chi connectivity index (χ1v) is 13.2. The molecule has 0 radical (unpaired) electrons. The average Bonchev–Trinajstić information content (AvgIpc) is 2.89. The quantitative estimate of drug-likeness (QED) is 0.150. The number of phenols is 1. The van der Waals surface area contributed by atoms with Crippen LogP contribution in [0.1, 0.15) is 81.4 Å². The average molecular weight is 494 g/mol. The second-order valence-corrected chi connectivity index (χ2v) is 9.37. The molecule has 0 fully saturated rings. The molecule has 196 valence electrons. The van der Waals surface area contributed by atoms with E-state index in [1.54, 1.807) is 13.0 Å². The molecule has 0 aliphatic carbocycles. The van der Waals surface area contributed by atoms with E-state index >= 15 is 0 Å². The summed E-state index contributed by atoms with van der Waals surface area (Å²) in [5, 5.41) is 29.6. The molecule has 0 heterocycles. The van der Waals surface area contributed by atoms with Crippen LogP contribution in [-0.2, 0) is 11.2 Å². The summed E-state index contributed by atoms with van der Waals surface area (Å²) >= 11 is 0. The van der Waals surface area contributed by atoms with Crippen LogP contribution in [0.15, 0.2) is 53.5 Å². The van der Waals surface area contributed by atoms with Crippen molar-refractivity contribution in [1.29, 1.82) is 5.26 Å². The van der Waals surface area contributed by atoms with Crippen LogP contribution in [-0.4, -0.2) is 54.0 Å². The number of nitriles is 1. The molecule has 2 aromatic rings. The van der Waals surface area contributed by atoms with Crippen molar-refractivity contribution in [2.45, 2.75) is 83.5 Å². The van der Waals surface area contributed by atoms with Crippen molar-refractivity contribution in [1.82, 2.24) is 4.90 Å². The summed E-state index contributed by atoms with van der Waals surface area (Å²) in [5.41, 5.74) is 3.25. The number of phenolic OH excluding ortho intramolecular Hbond substituents is 1. The zero-order chi connectivity index (χ0) is 26.2. The van der Waals surface area contributed by atoms with E-state index in [0.29, 0.717) is 18.7 Å². The highest BCUT2D eigenvalue weighted by molar-refractivity contribution is 5.43. The second-order valence-electron chi connectivity index (χ2n) is 9.37. The number of aliphatic hydroxyl groups is 1. The van der Waals surface area contributed by atoms with Gasteiger partial charge in [-0.15, -0.1) is 0 Å². The lowest BCUT2D eigenvalue weighted by Gasteiger charge is -2.31. The number of hydrogen-bond acceptors (Lipinski definition) is 6. The van der Waals surface area contributed by atoms with Crippen LogP contribution in [0.4, 0.5) is 0 Å². The molecular weight excluding hydrogens is 450 g/mol. The van der Waals surface area contributed by atoms with Gasteiger partial charge in [0.25, 0.3) is 0 Å². The van der Waals surface area contributed by atoms with Crippen molar-refractivity contribution in [2.75, 3.05) is 19.8 Å². The van der Waals surface area contributed by atoms with E-state index in [9.17, 15) is 10.2 Å². The smallest absolute Gasteiger partial charge is 0.119 e. The normalized spacial score (nSPS) is 13.8. The third kappa shape index (κ3) is 10.1. The monoisotopic (exact) mass is 493 g/mol. The third-order valence-electron chi connectivity index (χ3n) is 6.65. The fourth-order valence-electron chi connectivity index (χ4n) is 4.51. The van der Waals surface area contributed by atoms with Gasteiger partial charge in [-0.1, -0.05) is 48.9 Å². The Balaban J connectivity index is 2.00. The van der Waals surface area contributed by atoms with Crippen LogP contribution in [0.3, 0.4) is 0 Å². The van der Waals surface area contributed by atoms with E-state index < -0.39 is 6.23 Å². The molecule has 2 unspecified atom stereocenters. The Morgan fingerprint density at radius 3 is 2.42 bits per heavy atom. The Hall–Kier alpha value is -2.72. The molecule has 3 atom stereocenters. The van der Waals surface area contributed by atoms with Crippen molar-refractivity contribution in [3.05, 3.63) is 65.2 Å². The predicted molar refractivity (Wildman–Crippen MR) is 146 cm³/mol. The van der Waals surface area contributed by atoms with E-state index in [-0.39, 0.29) is 12.1 Å². The summed E-state index contributed by atoms with van der Waals surface area (Å²) in [6, 6.07) is 18.3. The van der Waals surface area contributed by atoms with Crippen molar-refractivity contribution in [3.63, 3.8) is 0 Å². The molecule has 0 aliphatic heterocycles. The molecule has 6 heteroatoms. The number of hydrogen-bond donors (Lipinski definition) is 2. The molecule has 0 bridgehead atoms. The van der Waals surface area contributed by atoms with Crippen molar-refractivity contribution < 1.29 is 14.9 Å². The number of benzene rings is 2. The van der Waals surface area contributed by atoms with Gasteiger partial charge in [0.1, 0.15) is 18.1 Å². The van der Waals surface area contributed by atoms with E-state index in [0.717, 1.165) is 69.3 Å². The van der Waals surface area contributed by atoms with Crippen molar-refractivity contribution in [3.8, 4) is 11.8 Å². The minimum Gasteiger partial charge on any atom is -0.508 e. The van der Waals surface area contributed by atoms with Gasteiger partial charge in [-0.3, -0.25) is 9.89 Å². The third-order valence-corrected chi connectivity index (χ3v) is 6.65. The molecule has 2 aromatic carbocycles. The number of aliphatic imine (C=N–C) groups is 1. The summed E-state index contributed by atoms with van der Waals surface area (Å²) in [5.74, 6) is 0.291. The maximum absolute atomic E-state index is 10.8. The van der Waals surface area contributed by atoms with Crippen LogP contribution in [0, 0.1) is 11.3 Å². The molecule has 0 saturated carbocycles. The van der Waals surface area contributed by atoms with Gasteiger partial charge in [0.2, 0.25) is 0 Å². The summed E-state index contributed by atoms with van der Waals surface area (Å²) < 4.78 is 5.73. The Morgan fingerprint density at radius 1 is 1.03 bits per heavy atom. The Bertz CT molecular complexity index is 927. The summed E-state index contributed by atoms with van der Waals surface area (Å²) in [4.78, 5) is 6.00. The molecule has 6 nitrogen and oxygen atoms in total. The van der Waals surface area contributed by atoms with Crippen molar-refractivity contribution in [2.24, 2.45) is 4.99 Å². The number of nitrogens with zero attached hydrogens (tertiary/aromatic N) is 3. The maximum atomic E-state index is 10.8. The van der Waals surface area contributed by atoms with E-state index in [2.05, 4.69) is 36.0 Å². The zero-order valence-corrected chi connectivity index (χ0v) is 22.0. The lowest BCUT2D eigenvalue weighted by Crippen LogP contribution is -2.40. The first-order chi connectivity index (χ1) is 17.5. The molecule has 0 aromatic heterocycles. The van der Waals surface area contributed by atoms with Crippen LogP contribution in [0.5, 0.6) is 5.75 Å². The summed E-state index contributed by atoms with van der Waals surface area (Å²) in [6.45, 7) is 9.44.